The summed E-state index contributed by atoms with van der Waals surface area (Å²) in [4.78, 5) is 28.2. The quantitative estimate of drug-likeness (QED) is 0.665. The van der Waals surface area contributed by atoms with Gasteiger partial charge in [0.1, 0.15) is 0 Å². The molecule has 1 saturated carbocycles. The Kier molecular flexibility index (Phi) is 5.04. The first-order valence-electron chi connectivity index (χ1n) is 9.33. The second-order valence-corrected chi connectivity index (χ2v) is 8.06. The van der Waals surface area contributed by atoms with Gasteiger partial charge in [0.15, 0.2) is 5.82 Å². The first kappa shape index (κ1) is 18.5. The third kappa shape index (κ3) is 3.73. The molecule has 1 fully saturated rings. The van der Waals surface area contributed by atoms with Crippen molar-refractivity contribution in [1.29, 1.82) is 0 Å². The Hall–Kier alpha value is -2.87. The fourth-order valence-electron chi connectivity index (χ4n) is 3.10. The molecule has 1 amide bonds. The predicted molar refractivity (Wildman–Crippen MR) is 111 cm³/mol. The first-order chi connectivity index (χ1) is 13.5. The smallest absolute Gasteiger partial charge is 0.346 e. The molecule has 2 heterocycles. The zero-order chi connectivity index (χ0) is 19.7. The van der Waals surface area contributed by atoms with Gasteiger partial charge < -0.3 is 10.2 Å². The van der Waals surface area contributed by atoms with Crippen LogP contribution in [0.4, 0.5) is 5.69 Å². The predicted octanol–water partition coefficient (Wildman–Crippen LogP) is 2.60. The molecule has 0 spiro atoms. The van der Waals surface area contributed by atoms with Gasteiger partial charge in [-0.2, -0.15) is 0 Å². The summed E-state index contributed by atoms with van der Waals surface area (Å²) in [5.41, 5.74) is 1.46. The molecule has 0 unspecified atom stereocenters. The van der Waals surface area contributed by atoms with E-state index in [2.05, 4.69) is 10.4 Å². The molecule has 1 aliphatic rings. The van der Waals surface area contributed by atoms with Crippen LogP contribution in [0.1, 0.15) is 29.2 Å². The molecule has 7 nitrogen and oxygen atoms in total. The van der Waals surface area contributed by atoms with Crippen molar-refractivity contribution in [3.63, 3.8) is 0 Å². The van der Waals surface area contributed by atoms with E-state index in [1.165, 1.54) is 4.68 Å². The molecule has 0 saturated heterocycles. The van der Waals surface area contributed by atoms with Crippen molar-refractivity contribution >= 4 is 22.9 Å². The topological polar surface area (TPSA) is 72.2 Å². The van der Waals surface area contributed by atoms with Crippen molar-refractivity contribution in [1.82, 2.24) is 19.7 Å². The standard InChI is InChI=1S/C20H23N5O2S/c1-23(2)16-6-3-5-14(13-16)19(26)21-10-11-24-20(27)25(15-8-9-15)18(22-24)17-7-4-12-28-17/h3-7,12-13,15H,8-11H2,1-2H3,(H,21,26). The van der Waals surface area contributed by atoms with Gasteiger partial charge in [0, 0.05) is 37.9 Å². The van der Waals surface area contributed by atoms with E-state index < -0.39 is 0 Å². The molecule has 28 heavy (non-hydrogen) atoms. The fourth-order valence-corrected chi connectivity index (χ4v) is 3.81. The molecule has 0 bridgehead atoms. The molecule has 8 heteroatoms. The van der Waals surface area contributed by atoms with Crippen molar-refractivity contribution in [3.8, 4) is 10.7 Å². The molecule has 0 aliphatic heterocycles. The Bertz CT molecular complexity index is 1030. The van der Waals surface area contributed by atoms with Gasteiger partial charge in [-0.05, 0) is 42.5 Å². The fraction of sp³-hybridized carbons (Fsp3) is 0.350. The van der Waals surface area contributed by atoms with Gasteiger partial charge in [-0.3, -0.25) is 9.36 Å². The highest BCUT2D eigenvalue weighted by Gasteiger charge is 2.30. The first-order valence-corrected chi connectivity index (χ1v) is 10.2. The molecule has 146 valence electrons. The Morgan fingerprint density at radius 1 is 1.29 bits per heavy atom. The highest BCUT2D eigenvalue weighted by molar-refractivity contribution is 7.13. The van der Waals surface area contributed by atoms with Crippen LogP contribution in [0.25, 0.3) is 10.7 Å². The van der Waals surface area contributed by atoms with Crippen molar-refractivity contribution in [2.45, 2.75) is 25.4 Å². The van der Waals surface area contributed by atoms with Crippen molar-refractivity contribution < 1.29 is 4.79 Å². The summed E-state index contributed by atoms with van der Waals surface area (Å²) in [7, 11) is 3.87. The number of rotatable bonds is 7. The van der Waals surface area contributed by atoms with Crippen LogP contribution in [0.2, 0.25) is 0 Å². The highest BCUT2D eigenvalue weighted by atomic mass is 32.1. The van der Waals surface area contributed by atoms with Gasteiger partial charge in [0.2, 0.25) is 0 Å². The van der Waals surface area contributed by atoms with Crippen LogP contribution in [0.5, 0.6) is 0 Å². The maximum absolute atomic E-state index is 12.8. The van der Waals surface area contributed by atoms with E-state index in [0.29, 0.717) is 18.7 Å². The number of hydrogen-bond acceptors (Lipinski definition) is 5. The van der Waals surface area contributed by atoms with Crippen molar-refractivity contribution in [3.05, 3.63) is 57.8 Å². The number of carbonyl (C=O) groups excluding carboxylic acids is 1. The minimum Gasteiger partial charge on any atom is -0.378 e. The van der Waals surface area contributed by atoms with Crippen LogP contribution in [-0.2, 0) is 6.54 Å². The number of nitrogens with zero attached hydrogens (tertiary/aromatic N) is 4. The number of hydrogen-bond donors (Lipinski definition) is 1. The van der Waals surface area contributed by atoms with Gasteiger partial charge in [-0.25, -0.2) is 9.48 Å². The lowest BCUT2D eigenvalue weighted by atomic mass is 10.2. The minimum atomic E-state index is -0.156. The van der Waals surface area contributed by atoms with E-state index in [4.69, 9.17) is 0 Å². The van der Waals surface area contributed by atoms with E-state index in [-0.39, 0.29) is 17.6 Å². The summed E-state index contributed by atoms with van der Waals surface area (Å²) in [6, 6.07) is 11.6. The van der Waals surface area contributed by atoms with E-state index in [9.17, 15) is 9.59 Å². The summed E-state index contributed by atoms with van der Waals surface area (Å²) >= 11 is 1.58. The van der Waals surface area contributed by atoms with Crippen molar-refractivity contribution in [2.24, 2.45) is 0 Å². The summed E-state index contributed by atoms with van der Waals surface area (Å²) in [5.74, 6) is 0.573. The maximum Gasteiger partial charge on any atom is 0.346 e. The number of thiophene rings is 1. The lowest BCUT2D eigenvalue weighted by Crippen LogP contribution is -2.32. The number of nitrogens with one attached hydrogen (secondary N) is 1. The average molecular weight is 398 g/mol. The second-order valence-electron chi connectivity index (χ2n) is 7.11. The van der Waals surface area contributed by atoms with Crippen LogP contribution < -0.4 is 15.9 Å². The van der Waals surface area contributed by atoms with Gasteiger partial charge >= 0.3 is 5.69 Å². The van der Waals surface area contributed by atoms with Crippen LogP contribution >= 0.6 is 11.3 Å². The third-order valence-corrected chi connectivity index (χ3v) is 5.62. The summed E-state index contributed by atoms with van der Waals surface area (Å²) in [6.45, 7) is 0.687. The number of anilines is 1. The largest absolute Gasteiger partial charge is 0.378 e. The van der Waals surface area contributed by atoms with E-state index in [0.717, 1.165) is 29.2 Å². The van der Waals surface area contributed by atoms with Gasteiger partial charge in [-0.1, -0.05) is 12.1 Å². The molecule has 1 N–H and O–H groups in total. The molecule has 2 aromatic heterocycles. The average Bonchev–Trinajstić information content (AvgIpc) is 3.26. The monoisotopic (exact) mass is 397 g/mol. The van der Waals surface area contributed by atoms with Crippen LogP contribution in [0.3, 0.4) is 0 Å². The Morgan fingerprint density at radius 3 is 2.79 bits per heavy atom. The van der Waals surface area contributed by atoms with Gasteiger partial charge in [0.05, 0.1) is 11.4 Å². The summed E-state index contributed by atoms with van der Waals surface area (Å²) < 4.78 is 3.26. The number of aromatic nitrogens is 3. The molecule has 1 aromatic carbocycles. The SMILES string of the molecule is CN(C)c1cccc(C(=O)NCCn2nc(-c3cccs3)n(C3CC3)c2=O)c1. The Labute approximate surface area is 167 Å². The van der Waals surface area contributed by atoms with Crippen molar-refractivity contribution in [2.75, 3.05) is 25.5 Å². The zero-order valence-electron chi connectivity index (χ0n) is 16.0. The molecule has 0 radical (unpaired) electrons. The molecule has 0 atom stereocenters. The Balaban J connectivity index is 1.46. The molecular formula is C20H23N5O2S. The second kappa shape index (κ2) is 7.63. The molecular weight excluding hydrogens is 374 g/mol. The van der Waals surface area contributed by atoms with Crippen LogP contribution in [0.15, 0.2) is 46.6 Å². The maximum atomic E-state index is 12.8. The lowest BCUT2D eigenvalue weighted by molar-refractivity contribution is 0.0952. The third-order valence-electron chi connectivity index (χ3n) is 4.76. The minimum absolute atomic E-state index is 0.102. The van der Waals surface area contributed by atoms with E-state index in [1.807, 2.05) is 54.7 Å². The lowest BCUT2D eigenvalue weighted by Gasteiger charge is -2.13. The number of amides is 1. The molecule has 4 rings (SSSR count). The van der Waals surface area contributed by atoms with Crippen LogP contribution in [0, 0.1) is 0 Å². The molecule has 1 aliphatic carbocycles. The van der Waals surface area contributed by atoms with Gasteiger partial charge in [-0.15, -0.1) is 16.4 Å². The summed E-state index contributed by atoms with van der Waals surface area (Å²) in [5, 5.41) is 9.41. The molecule has 3 aromatic rings. The van der Waals surface area contributed by atoms with Crippen LogP contribution in [-0.4, -0.2) is 40.9 Å². The zero-order valence-corrected chi connectivity index (χ0v) is 16.8. The normalized spacial score (nSPS) is 13.5. The number of benzene rings is 1. The summed E-state index contributed by atoms with van der Waals surface area (Å²) in [6.07, 6.45) is 2.03. The van der Waals surface area contributed by atoms with E-state index >= 15 is 0 Å². The Morgan fingerprint density at radius 2 is 2.11 bits per heavy atom. The number of carbonyl (C=O) groups is 1. The highest BCUT2D eigenvalue weighted by Crippen LogP contribution is 2.37. The van der Waals surface area contributed by atoms with E-state index in [1.54, 1.807) is 22.0 Å². The van der Waals surface area contributed by atoms with Gasteiger partial charge in [0.25, 0.3) is 5.91 Å².